The molecule has 74 valence electrons. The Morgan fingerprint density at radius 1 is 1.50 bits per heavy atom. The topological polar surface area (TPSA) is 60.2 Å². The Labute approximate surface area is 94.6 Å². The molecule has 0 unspecified atom stereocenters. The summed E-state index contributed by atoms with van der Waals surface area (Å²) >= 11 is 1.95. The quantitative estimate of drug-likeness (QED) is 0.365. The summed E-state index contributed by atoms with van der Waals surface area (Å²) in [4.78, 5) is 21.3. The Hall–Kier alpha value is -0.980. The highest BCUT2D eigenvalue weighted by atomic mass is 127. The van der Waals surface area contributed by atoms with Crippen LogP contribution in [0.1, 0.15) is 22.8 Å². The van der Waals surface area contributed by atoms with Crippen molar-refractivity contribution in [2.75, 3.05) is 0 Å². The highest BCUT2D eigenvalue weighted by Crippen LogP contribution is 2.26. The number of hydrogen-bond acceptors (Lipinski definition) is 3. The van der Waals surface area contributed by atoms with Crippen LogP contribution in [0.2, 0.25) is 0 Å². The highest BCUT2D eigenvalue weighted by Gasteiger charge is 2.21. The van der Waals surface area contributed by atoms with Gasteiger partial charge in [-0.2, -0.15) is 0 Å². The van der Waals surface area contributed by atoms with Crippen LogP contribution in [0.5, 0.6) is 0 Å². The summed E-state index contributed by atoms with van der Waals surface area (Å²) in [5.74, 6) is -0.273. The molecule has 0 atom stereocenters. The van der Waals surface area contributed by atoms with Crippen LogP contribution < -0.4 is 0 Å². The molecule has 0 saturated carbocycles. The van der Waals surface area contributed by atoms with Crippen LogP contribution in [0.25, 0.3) is 0 Å². The number of nitro groups is 1. The molecule has 14 heavy (non-hydrogen) atoms. The van der Waals surface area contributed by atoms with Crippen molar-refractivity contribution < 1.29 is 9.72 Å². The smallest absolute Gasteiger partial charge is 0.281 e. The lowest BCUT2D eigenvalue weighted by Gasteiger charge is -2.04. The first kappa shape index (κ1) is 11.1. The van der Waals surface area contributed by atoms with Gasteiger partial charge in [0.15, 0.2) is 5.78 Å². The number of nitrogens with zero attached hydrogens (tertiary/aromatic N) is 1. The molecule has 5 heteroatoms. The fraction of sp³-hybridized carbons (Fsp3) is 0.222. The maximum Gasteiger partial charge on any atom is 0.281 e. The molecule has 4 nitrogen and oxygen atoms in total. The largest absolute Gasteiger partial charge is 0.294 e. The molecule has 0 heterocycles. The van der Waals surface area contributed by atoms with Crippen LogP contribution in [-0.4, -0.2) is 10.7 Å². The molecule has 0 N–H and O–H groups in total. The first-order chi connectivity index (χ1) is 6.45. The SMILES string of the molecule is CC(=O)c1c([N+](=O)[O-])ccc(C)c1I. The van der Waals surface area contributed by atoms with Crippen LogP contribution in [0, 0.1) is 20.6 Å². The third-order valence-electron chi connectivity index (χ3n) is 1.86. The fourth-order valence-corrected chi connectivity index (χ4v) is 1.99. The van der Waals surface area contributed by atoms with Gasteiger partial charge in [-0.3, -0.25) is 14.9 Å². The van der Waals surface area contributed by atoms with Gasteiger partial charge in [0.05, 0.1) is 4.92 Å². The van der Waals surface area contributed by atoms with Crippen LogP contribution >= 0.6 is 22.6 Å². The number of Topliss-reactive ketones (excluding diaryl/α,β-unsaturated/α-hetero) is 1. The zero-order chi connectivity index (χ0) is 10.9. The Morgan fingerprint density at radius 2 is 2.07 bits per heavy atom. The van der Waals surface area contributed by atoms with E-state index >= 15 is 0 Å². The summed E-state index contributed by atoms with van der Waals surface area (Å²) in [7, 11) is 0. The van der Waals surface area contributed by atoms with E-state index in [4.69, 9.17) is 0 Å². The maximum absolute atomic E-state index is 11.2. The first-order valence-corrected chi connectivity index (χ1v) is 4.97. The molecule has 0 aliphatic rings. The number of hydrogen-bond donors (Lipinski definition) is 0. The van der Waals surface area contributed by atoms with Gasteiger partial charge in [0, 0.05) is 9.64 Å². The number of halogens is 1. The van der Waals surface area contributed by atoms with E-state index in [0.717, 1.165) is 5.56 Å². The van der Waals surface area contributed by atoms with Gasteiger partial charge in [-0.05, 0) is 42.0 Å². The molecule has 0 saturated heterocycles. The van der Waals surface area contributed by atoms with E-state index in [1.807, 2.05) is 29.5 Å². The van der Waals surface area contributed by atoms with Gasteiger partial charge in [-0.25, -0.2) is 0 Å². The molecule has 1 aromatic carbocycles. The third kappa shape index (κ3) is 1.92. The Balaban J connectivity index is 3.53. The second kappa shape index (κ2) is 4.04. The second-order valence-corrected chi connectivity index (χ2v) is 3.98. The van der Waals surface area contributed by atoms with Gasteiger partial charge in [0.25, 0.3) is 5.69 Å². The van der Waals surface area contributed by atoms with Gasteiger partial charge in [0.2, 0.25) is 0 Å². The van der Waals surface area contributed by atoms with E-state index in [2.05, 4.69) is 0 Å². The average Bonchev–Trinajstić information content (AvgIpc) is 2.08. The number of carbonyl (C=O) groups excluding carboxylic acids is 1. The van der Waals surface area contributed by atoms with Crippen molar-refractivity contribution in [3.05, 3.63) is 36.9 Å². The predicted molar refractivity (Wildman–Crippen MR) is 60.6 cm³/mol. The zero-order valence-corrected chi connectivity index (χ0v) is 9.86. The molecule has 0 amide bonds. The molecule has 0 fully saturated rings. The van der Waals surface area contributed by atoms with Crippen molar-refractivity contribution in [3.63, 3.8) is 0 Å². The minimum Gasteiger partial charge on any atom is -0.294 e. The number of benzene rings is 1. The minimum absolute atomic E-state index is 0.118. The van der Waals surface area contributed by atoms with Gasteiger partial charge in [-0.1, -0.05) is 6.07 Å². The van der Waals surface area contributed by atoms with E-state index < -0.39 is 4.92 Å². The predicted octanol–water partition coefficient (Wildman–Crippen LogP) is 2.71. The van der Waals surface area contributed by atoms with Crippen molar-refractivity contribution in [1.29, 1.82) is 0 Å². The highest BCUT2D eigenvalue weighted by molar-refractivity contribution is 14.1. The van der Waals surface area contributed by atoms with Crippen LogP contribution in [-0.2, 0) is 0 Å². The second-order valence-electron chi connectivity index (χ2n) is 2.90. The summed E-state index contributed by atoms with van der Waals surface area (Å²) in [5.41, 5.74) is 0.963. The lowest BCUT2D eigenvalue weighted by atomic mass is 10.1. The molecule has 1 aromatic rings. The van der Waals surface area contributed by atoms with Crippen molar-refractivity contribution in [2.45, 2.75) is 13.8 Å². The van der Waals surface area contributed by atoms with Crippen molar-refractivity contribution in [3.8, 4) is 0 Å². The molecule has 0 aliphatic heterocycles. The molecular formula is C9H8INO3. The number of aryl methyl sites for hydroxylation is 1. The zero-order valence-electron chi connectivity index (χ0n) is 7.70. The Kier molecular flexibility index (Phi) is 3.20. The lowest BCUT2D eigenvalue weighted by Crippen LogP contribution is -2.04. The standard InChI is InChI=1S/C9H8INO3/c1-5-3-4-7(11(13)14)8(6(2)12)9(5)10/h3-4H,1-2H3. The maximum atomic E-state index is 11.2. The van der Waals surface area contributed by atoms with Crippen LogP contribution in [0.4, 0.5) is 5.69 Å². The van der Waals surface area contributed by atoms with Gasteiger partial charge < -0.3 is 0 Å². The van der Waals surface area contributed by atoms with E-state index in [9.17, 15) is 14.9 Å². The summed E-state index contributed by atoms with van der Waals surface area (Å²) in [5, 5.41) is 10.6. The van der Waals surface area contributed by atoms with E-state index in [1.165, 1.54) is 13.0 Å². The number of ketones is 1. The van der Waals surface area contributed by atoms with Gasteiger partial charge >= 0.3 is 0 Å². The van der Waals surface area contributed by atoms with Crippen molar-refractivity contribution >= 4 is 34.1 Å². The monoisotopic (exact) mass is 305 g/mol. The van der Waals surface area contributed by atoms with Crippen molar-refractivity contribution in [2.24, 2.45) is 0 Å². The Morgan fingerprint density at radius 3 is 2.50 bits per heavy atom. The van der Waals surface area contributed by atoms with Gasteiger partial charge in [0.1, 0.15) is 5.56 Å². The van der Waals surface area contributed by atoms with Crippen LogP contribution in [0.15, 0.2) is 12.1 Å². The van der Waals surface area contributed by atoms with E-state index in [1.54, 1.807) is 6.07 Å². The summed E-state index contributed by atoms with van der Waals surface area (Å²) < 4.78 is 0.657. The minimum atomic E-state index is -0.529. The first-order valence-electron chi connectivity index (χ1n) is 3.89. The number of rotatable bonds is 2. The fourth-order valence-electron chi connectivity index (χ4n) is 1.16. The van der Waals surface area contributed by atoms with E-state index in [0.29, 0.717) is 3.57 Å². The summed E-state index contributed by atoms with van der Waals surface area (Å²) in [6, 6.07) is 3.01. The Bertz CT molecular complexity index is 415. The normalized spacial score (nSPS) is 9.93. The molecule has 0 radical (unpaired) electrons. The molecule has 0 bridgehead atoms. The van der Waals surface area contributed by atoms with E-state index in [-0.39, 0.29) is 17.0 Å². The molecule has 0 aromatic heterocycles. The van der Waals surface area contributed by atoms with Crippen LogP contribution in [0.3, 0.4) is 0 Å². The van der Waals surface area contributed by atoms with Crippen molar-refractivity contribution in [1.82, 2.24) is 0 Å². The summed E-state index contributed by atoms with van der Waals surface area (Å²) in [6.45, 7) is 3.15. The molecular weight excluding hydrogens is 297 g/mol. The molecule has 1 rings (SSSR count). The average molecular weight is 305 g/mol. The molecule has 0 aliphatic carbocycles. The third-order valence-corrected chi connectivity index (χ3v) is 3.25. The lowest BCUT2D eigenvalue weighted by molar-refractivity contribution is -0.385. The number of nitro benzene ring substituents is 1. The summed E-state index contributed by atoms with van der Waals surface area (Å²) in [6.07, 6.45) is 0. The molecule has 0 spiro atoms. The van der Waals surface area contributed by atoms with Gasteiger partial charge in [-0.15, -0.1) is 0 Å². The number of carbonyl (C=O) groups is 1.